The summed E-state index contributed by atoms with van der Waals surface area (Å²) in [6.07, 6.45) is 0. The van der Waals surface area contributed by atoms with E-state index in [4.69, 9.17) is 5.73 Å². The number of ketones is 2. The Morgan fingerprint density at radius 1 is 1.16 bits per heavy atom. The second-order valence-electron chi connectivity index (χ2n) is 4.89. The zero-order chi connectivity index (χ0) is 14.3. The molecule has 1 aromatic carbocycles. The molecule has 0 fully saturated rings. The number of nitrogen functional groups attached to an aromatic ring is 1. The predicted octanol–water partition coefficient (Wildman–Crippen LogP) is 1.95. The van der Waals surface area contributed by atoms with E-state index in [2.05, 4.69) is 4.98 Å². The third kappa shape index (κ3) is 2.12. The molecule has 0 saturated carbocycles. The van der Waals surface area contributed by atoms with Crippen LogP contribution in [0.1, 0.15) is 31.0 Å². The summed E-state index contributed by atoms with van der Waals surface area (Å²) in [7, 11) is 0. The Balaban J connectivity index is 2.79. The molecule has 0 atom stereocenters. The highest BCUT2D eigenvalue weighted by Gasteiger charge is 2.26. The number of carbonyl (C=O) groups is 2. The Morgan fingerprint density at radius 3 is 2.21 bits per heavy atom. The number of fused-ring (bicyclic) bond motifs is 1. The molecule has 0 radical (unpaired) electrons. The summed E-state index contributed by atoms with van der Waals surface area (Å²) in [6.45, 7) is 6.73. The molecule has 100 valence electrons. The first kappa shape index (κ1) is 13.3. The summed E-state index contributed by atoms with van der Waals surface area (Å²) in [5.41, 5.74) is 9.46. The fourth-order valence-corrected chi connectivity index (χ4v) is 2.29. The largest absolute Gasteiger partial charge is 0.369 e. The van der Waals surface area contributed by atoms with Gasteiger partial charge < -0.3 is 5.73 Å². The molecule has 0 amide bonds. The molecule has 2 aromatic rings. The number of aryl methyl sites for hydroxylation is 2. The number of hydrogen-bond acceptors (Lipinski definition) is 4. The molecular weight excluding hydrogens is 242 g/mol. The molecule has 0 aliphatic heterocycles. The molecule has 0 unspecified atom stereocenters. The summed E-state index contributed by atoms with van der Waals surface area (Å²) >= 11 is 0. The zero-order valence-corrected chi connectivity index (χ0v) is 11.5. The Kier molecular flexibility index (Phi) is 3.14. The number of hydrogen-bond donors (Lipinski definition) is 1. The maximum atomic E-state index is 11.7. The van der Waals surface area contributed by atoms with Crippen LogP contribution in [0.5, 0.6) is 0 Å². The van der Waals surface area contributed by atoms with Crippen molar-refractivity contribution in [2.75, 3.05) is 5.73 Å². The summed E-state index contributed by atoms with van der Waals surface area (Å²) in [5.74, 6) is -0.288. The summed E-state index contributed by atoms with van der Waals surface area (Å²) < 4.78 is 1.52. The minimum Gasteiger partial charge on any atom is -0.369 e. The van der Waals surface area contributed by atoms with Crippen molar-refractivity contribution >= 4 is 28.5 Å². The van der Waals surface area contributed by atoms with Crippen LogP contribution in [-0.4, -0.2) is 21.1 Å². The third-order valence-corrected chi connectivity index (χ3v) is 3.36. The number of benzene rings is 1. The molecule has 5 heteroatoms. The Hall–Kier alpha value is -2.17. The molecule has 0 aliphatic carbocycles. The fraction of sp³-hybridized carbons (Fsp3) is 0.357. The van der Waals surface area contributed by atoms with E-state index >= 15 is 0 Å². The van der Waals surface area contributed by atoms with Crippen molar-refractivity contribution in [1.29, 1.82) is 0 Å². The Morgan fingerprint density at radius 2 is 1.68 bits per heavy atom. The second kappa shape index (κ2) is 4.50. The zero-order valence-electron chi connectivity index (χ0n) is 11.5. The van der Waals surface area contributed by atoms with Gasteiger partial charge in [0.1, 0.15) is 0 Å². The lowest BCUT2D eigenvalue weighted by Gasteiger charge is -2.15. The number of rotatable bonds is 3. The number of anilines is 1. The second-order valence-corrected chi connectivity index (χ2v) is 4.89. The van der Waals surface area contributed by atoms with Crippen LogP contribution in [0.4, 0.5) is 5.95 Å². The van der Waals surface area contributed by atoms with Crippen molar-refractivity contribution in [3.63, 3.8) is 0 Å². The number of aromatic nitrogens is 2. The van der Waals surface area contributed by atoms with Crippen LogP contribution in [0, 0.1) is 13.8 Å². The lowest BCUT2D eigenvalue weighted by Crippen LogP contribution is -2.25. The number of Topliss-reactive ketones (excluding diaryl/α,β-unsaturated/α-hetero) is 2. The van der Waals surface area contributed by atoms with Gasteiger partial charge in [-0.15, -0.1) is 0 Å². The van der Waals surface area contributed by atoms with Crippen molar-refractivity contribution in [2.24, 2.45) is 0 Å². The predicted molar refractivity (Wildman–Crippen MR) is 74.0 cm³/mol. The fourth-order valence-electron chi connectivity index (χ4n) is 2.29. The Labute approximate surface area is 111 Å². The molecular formula is C14H17N3O2. The lowest BCUT2D eigenvalue weighted by atomic mass is 10.1. The van der Waals surface area contributed by atoms with Gasteiger partial charge in [-0.05, 0) is 51.0 Å². The smallest absolute Gasteiger partial charge is 0.202 e. The van der Waals surface area contributed by atoms with E-state index in [1.165, 1.54) is 18.4 Å². The van der Waals surface area contributed by atoms with Crippen molar-refractivity contribution < 1.29 is 9.59 Å². The van der Waals surface area contributed by atoms with Gasteiger partial charge in [0.25, 0.3) is 0 Å². The molecule has 2 rings (SSSR count). The maximum absolute atomic E-state index is 11.7. The average molecular weight is 259 g/mol. The minimum absolute atomic E-state index is 0.190. The maximum Gasteiger partial charge on any atom is 0.202 e. The van der Waals surface area contributed by atoms with Crippen LogP contribution < -0.4 is 5.73 Å². The first-order chi connectivity index (χ1) is 8.82. The highest BCUT2D eigenvalue weighted by molar-refractivity contribution is 6.04. The van der Waals surface area contributed by atoms with Gasteiger partial charge in [0.05, 0.1) is 11.0 Å². The molecule has 0 bridgehead atoms. The quantitative estimate of drug-likeness (QED) is 0.854. The van der Waals surface area contributed by atoms with Crippen molar-refractivity contribution in [2.45, 2.75) is 33.7 Å². The highest BCUT2D eigenvalue weighted by atomic mass is 16.2. The topological polar surface area (TPSA) is 78.0 Å². The van der Waals surface area contributed by atoms with Gasteiger partial charge in [-0.2, -0.15) is 0 Å². The van der Waals surface area contributed by atoms with Gasteiger partial charge in [-0.1, -0.05) is 0 Å². The normalized spacial score (nSPS) is 11.2. The van der Waals surface area contributed by atoms with E-state index in [9.17, 15) is 9.59 Å². The van der Waals surface area contributed by atoms with Crippen LogP contribution in [0.2, 0.25) is 0 Å². The van der Waals surface area contributed by atoms with Gasteiger partial charge in [0, 0.05) is 0 Å². The van der Waals surface area contributed by atoms with E-state index in [0.29, 0.717) is 5.52 Å². The number of nitrogens with two attached hydrogens (primary N) is 1. The van der Waals surface area contributed by atoms with E-state index in [1.54, 1.807) is 0 Å². The summed E-state index contributed by atoms with van der Waals surface area (Å²) in [6, 6.07) is 2.92. The molecule has 1 heterocycles. The van der Waals surface area contributed by atoms with Gasteiger partial charge in [0.2, 0.25) is 5.95 Å². The number of imidazole rings is 1. The lowest BCUT2D eigenvalue weighted by molar-refractivity contribution is -0.129. The van der Waals surface area contributed by atoms with Gasteiger partial charge >= 0.3 is 0 Å². The van der Waals surface area contributed by atoms with Gasteiger partial charge in [-0.25, -0.2) is 4.98 Å². The van der Waals surface area contributed by atoms with Gasteiger partial charge in [0.15, 0.2) is 17.6 Å². The minimum atomic E-state index is -0.896. The van der Waals surface area contributed by atoms with E-state index in [-0.39, 0.29) is 17.5 Å². The van der Waals surface area contributed by atoms with E-state index in [0.717, 1.165) is 16.6 Å². The molecule has 19 heavy (non-hydrogen) atoms. The monoisotopic (exact) mass is 259 g/mol. The van der Waals surface area contributed by atoms with Crippen LogP contribution >= 0.6 is 0 Å². The molecule has 0 spiro atoms. The SMILES string of the molecule is CC(=O)C(C(C)=O)n1c(N)nc2cc(C)c(C)cc21. The van der Waals surface area contributed by atoms with E-state index < -0.39 is 6.04 Å². The van der Waals surface area contributed by atoms with E-state index in [1.807, 2.05) is 26.0 Å². The van der Waals surface area contributed by atoms with Crippen molar-refractivity contribution in [3.8, 4) is 0 Å². The number of carbonyl (C=O) groups excluding carboxylic acids is 2. The van der Waals surface area contributed by atoms with Crippen LogP contribution in [0.25, 0.3) is 11.0 Å². The third-order valence-electron chi connectivity index (χ3n) is 3.36. The summed E-state index contributed by atoms with van der Waals surface area (Å²) in [5, 5.41) is 0. The molecule has 5 nitrogen and oxygen atoms in total. The molecule has 0 aliphatic rings. The summed E-state index contributed by atoms with van der Waals surface area (Å²) in [4.78, 5) is 27.7. The highest BCUT2D eigenvalue weighted by Crippen LogP contribution is 2.26. The van der Waals surface area contributed by atoms with Crippen molar-refractivity contribution in [1.82, 2.24) is 9.55 Å². The molecule has 2 N–H and O–H groups in total. The first-order valence-corrected chi connectivity index (χ1v) is 6.08. The molecule has 0 saturated heterocycles. The van der Waals surface area contributed by atoms with Crippen LogP contribution in [0.15, 0.2) is 12.1 Å². The Bertz CT molecular complexity index is 672. The van der Waals surface area contributed by atoms with Gasteiger partial charge in [-0.3, -0.25) is 14.2 Å². The standard InChI is InChI=1S/C14H17N3O2/c1-7-5-11-12(6-8(7)2)17(14(15)16-11)13(9(3)18)10(4)19/h5-6,13H,1-4H3,(H2,15,16). The first-order valence-electron chi connectivity index (χ1n) is 6.08. The van der Waals surface area contributed by atoms with Crippen LogP contribution in [-0.2, 0) is 9.59 Å². The van der Waals surface area contributed by atoms with Crippen molar-refractivity contribution in [3.05, 3.63) is 23.3 Å². The average Bonchev–Trinajstić information content (AvgIpc) is 2.56. The molecule has 1 aromatic heterocycles. The number of nitrogens with zero attached hydrogens (tertiary/aromatic N) is 2. The van der Waals surface area contributed by atoms with Crippen LogP contribution in [0.3, 0.4) is 0 Å².